The average Bonchev–Trinajstić information content (AvgIpc) is 3.27. The van der Waals surface area contributed by atoms with Gasteiger partial charge in [0.25, 0.3) is 5.69 Å². The minimum atomic E-state index is -0.567. The summed E-state index contributed by atoms with van der Waals surface area (Å²) in [5.74, 6) is 0.335. The molecule has 0 radical (unpaired) electrons. The number of fused-ring (bicyclic) bond motifs is 1. The molecular weight excluding hydrogens is 385 g/mol. The summed E-state index contributed by atoms with van der Waals surface area (Å²) >= 11 is 0.891. The zero-order chi connectivity index (χ0) is 19.8. The Balaban J connectivity index is 1.59. The first-order chi connectivity index (χ1) is 13.4. The molecule has 10 heteroatoms. The molecule has 0 fully saturated rings. The summed E-state index contributed by atoms with van der Waals surface area (Å²) < 4.78 is 13.3. The molecule has 0 unspecified atom stereocenters. The molecule has 0 saturated heterocycles. The first kappa shape index (κ1) is 18.1. The lowest BCUT2D eigenvalue weighted by atomic mass is 10.2. The number of hydrogen-bond donors (Lipinski definition) is 0. The Morgan fingerprint density at radius 3 is 2.82 bits per heavy atom. The Labute approximate surface area is 162 Å². The summed E-state index contributed by atoms with van der Waals surface area (Å²) in [6, 6.07) is 5.62. The van der Waals surface area contributed by atoms with Crippen molar-refractivity contribution in [1.29, 1.82) is 0 Å². The molecule has 0 aromatic carbocycles. The standard InChI is InChI=1S/C18H14FN5O3S/c1-10-20-7-11-8-23(9-14(11)21-10)18(25)6-13-15(24(26)27)3-2-12(22-13)16-4-5-17(19)28-16/h2-5,7H,6,8-9H2,1H3. The maximum Gasteiger partial charge on any atom is 0.291 e. The minimum Gasteiger partial charge on any atom is -0.332 e. The number of thiophene rings is 1. The van der Waals surface area contributed by atoms with E-state index >= 15 is 0 Å². The van der Waals surface area contributed by atoms with E-state index in [2.05, 4.69) is 15.0 Å². The van der Waals surface area contributed by atoms with Crippen LogP contribution in [0, 0.1) is 22.2 Å². The molecule has 4 rings (SSSR count). The predicted molar refractivity (Wildman–Crippen MR) is 98.9 cm³/mol. The average molecular weight is 399 g/mol. The van der Waals surface area contributed by atoms with Crippen LogP contribution in [-0.2, 0) is 24.3 Å². The van der Waals surface area contributed by atoms with Crippen LogP contribution in [0.2, 0.25) is 0 Å². The highest BCUT2D eigenvalue weighted by molar-refractivity contribution is 7.13. The Morgan fingerprint density at radius 1 is 1.29 bits per heavy atom. The molecule has 0 saturated carbocycles. The highest BCUT2D eigenvalue weighted by atomic mass is 32.1. The number of carbonyl (C=O) groups is 1. The lowest BCUT2D eigenvalue weighted by molar-refractivity contribution is -0.385. The second-order valence-corrected chi connectivity index (χ2v) is 7.37. The molecular formula is C18H14FN5O3S. The highest BCUT2D eigenvalue weighted by Gasteiger charge is 2.28. The van der Waals surface area contributed by atoms with E-state index in [0.717, 1.165) is 22.6 Å². The number of aryl methyl sites for hydroxylation is 1. The monoisotopic (exact) mass is 399 g/mol. The third kappa shape index (κ3) is 3.46. The maximum atomic E-state index is 13.3. The van der Waals surface area contributed by atoms with E-state index in [9.17, 15) is 19.3 Å². The number of aromatic nitrogens is 3. The first-order valence-corrected chi connectivity index (χ1v) is 9.21. The number of hydrogen-bond acceptors (Lipinski definition) is 7. The van der Waals surface area contributed by atoms with E-state index < -0.39 is 4.92 Å². The number of carbonyl (C=O) groups excluding carboxylic acids is 1. The van der Waals surface area contributed by atoms with E-state index in [1.807, 2.05) is 0 Å². The van der Waals surface area contributed by atoms with Crippen LogP contribution in [0.5, 0.6) is 0 Å². The first-order valence-electron chi connectivity index (χ1n) is 8.40. The molecule has 3 aromatic rings. The van der Waals surface area contributed by atoms with Gasteiger partial charge in [0.05, 0.1) is 34.2 Å². The molecule has 1 aliphatic rings. The fourth-order valence-electron chi connectivity index (χ4n) is 3.06. The normalized spacial score (nSPS) is 12.9. The van der Waals surface area contributed by atoms with Crippen molar-refractivity contribution in [1.82, 2.24) is 19.9 Å². The van der Waals surface area contributed by atoms with Crippen LogP contribution in [-0.4, -0.2) is 30.7 Å². The Morgan fingerprint density at radius 2 is 2.11 bits per heavy atom. The molecule has 0 spiro atoms. The summed E-state index contributed by atoms with van der Waals surface area (Å²) in [5.41, 5.74) is 1.87. The number of amides is 1. The van der Waals surface area contributed by atoms with Gasteiger partial charge < -0.3 is 4.90 Å². The fraction of sp³-hybridized carbons (Fsp3) is 0.222. The molecule has 1 amide bonds. The second kappa shape index (κ2) is 7.04. The third-order valence-corrected chi connectivity index (χ3v) is 5.32. The minimum absolute atomic E-state index is 0.0551. The zero-order valence-electron chi connectivity index (χ0n) is 14.8. The molecule has 3 aromatic heterocycles. The lowest BCUT2D eigenvalue weighted by Gasteiger charge is -2.15. The van der Waals surface area contributed by atoms with Crippen LogP contribution in [0.3, 0.4) is 0 Å². The summed E-state index contributed by atoms with van der Waals surface area (Å²) in [6.45, 7) is 2.47. The van der Waals surface area contributed by atoms with Gasteiger partial charge in [0, 0.05) is 24.4 Å². The van der Waals surface area contributed by atoms with Crippen molar-refractivity contribution < 1.29 is 14.1 Å². The molecule has 1 aliphatic heterocycles. The van der Waals surface area contributed by atoms with Gasteiger partial charge in [-0.2, -0.15) is 4.39 Å². The van der Waals surface area contributed by atoms with Crippen LogP contribution >= 0.6 is 11.3 Å². The molecule has 0 bridgehead atoms. The van der Waals surface area contributed by atoms with Crippen LogP contribution in [0.4, 0.5) is 10.1 Å². The van der Waals surface area contributed by atoms with E-state index in [0.29, 0.717) is 29.5 Å². The van der Waals surface area contributed by atoms with Crippen molar-refractivity contribution in [2.75, 3.05) is 0 Å². The smallest absolute Gasteiger partial charge is 0.291 e. The molecule has 0 atom stereocenters. The molecule has 0 aliphatic carbocycles. The van der Waals surface area contributed by atoms with E-state index in [-0.39, 0.29) is 28.8 Å². The third-order valence-electron chi connectivity index (χ3n) is 4.42. The van der Waals surface area contributed by atoms with Crippen LogP contribution in [0.15, 0.2) is 30.5 Å². The predicted octanol–water partition coefficient (Wildman–Crippen LogP) is 3.04. The summed E-state index contributed by atoms with van der Waals surface area (Å²) in [7, 11) is 0. The molecule has 8 nitrogen and oxygen atoms in total. The largest absolute Gasteiger partial charge is 0.332 e. The van der Waals surface area contributed by atoms with Gasteiger partial charge in [0.15, 0.2) is 5.13 Å². The zero-order valence-corrected chi connectivity index (χ0v) is 15.6. The molecule has 142 valence electrons. The van der Waals surface area contributed by atoms with Crippen molar-refractivity contribution in [3.63, 3.8) is 0 Å². The number of nitro groups is 1. The van der Waals surface area contributed by atoms with Crippen LogP contribution < -0.4 is 0 Å². The van der Waals surface area contributed by atoms with E-state index in [1.165, 1.54) is 18.2 Å². The Hall–Kier alpha value is -3.27. The van der Waals surface area contributed by atoms with Crippen molar-refractivity contribution in [2.45, 2.75) is 26.4 Å². The topological polar surface area (TPSA) is 102 Å². The SMILES string of the molecule is Cc1ncc2c(n1)CN(C(=O)Cc1nc(-c3ccc(F)s3)ccc1[N+](=O)[O-])C2. The van der Waals surface area contributed by atoms with Crippen LogP contribution in [0.1, 0.15) is 22.8 Å². The van der Waals surface area contributed by atoms with Gasteiger partial charge in [0.2, 0.25) is 5.91 Å². The van der Waals surface area contributed by atoms with Gasteiger partial charge in [-0.25, -0.2) is 15.0 Å². The molecule has 0 N–H and O–H groups in total. The van der Waals surface area contributed by atoms with Crippen LogP contribution in [0.25, 0.3) is 10.6 Å². The van der Waals surface area contributed by atoms with Crippen molar-refractivity contribution in [3.05, 3.63) is 68.5 Å². The van der Waals surface area contributed by atoms with Crippen molar-refractivity contribution >= 4 is 22.9 Å². The lowest BCUT2D eigenvalue weighted by Crippen LogP contribution is -2.27. The number of halogens is 1. The van der Waals surface area contributed by atoms with E-state index in [1.54, 1.807) is 24.1 Å². The second-order valence-electron chi connectivity index (χ2n) is 6.34. The van der Waals surface area contributed by atoms with Gasteiger partial charge in [0.1, 0.15) is 11.5 Å². The van der Waals surface area contributed by atoms with Crippen molar-refractivity contribution in [2.24, 2.45) is 0 Å². The van der Waals surface area contributed by atoms with E-state index in [4.69, 9.17) is 0 Å². The summed E-state index contributed by atoms with van der Waals surface area (Å²) in [4.78, 5) is 38.4. The number of pyridine rings is 1. The highest BCUT2D eigenvalue weighted by Crippen LogP contribution is 2.29. The maximum absolute atomic E-state index is 13.3. The quantitative estimate of drug-likeness (QED) is 0.494. The summed E-state index contributed by atoms with van der Waals surface area (Å²) in [5, 5.41) is 11.0. The van der Waals surface area contributed by atoms with Gasteiger partial charge in [-0.1, -0.05) is 0 Å². The Bertz CT molecular complexity index is 1100. The fourth-order valence-corrected chi connectivity index (χ4v) is 3.76. The Kier molecular flexibility index (Phi) is 4.55. The molecule has 28 heavy (non-hydrogen) atoms. The number of nitrogens with zero attached hydrogens (tertiary/aromatic N) is 5. The summed E-state index contributed by atoms with van der Waals surface area (Å²) in [6.07, 6.45) is 1.47. The van der Waals surface area contributed by atoms with Gasteiger partial charge in [-0.15, -0.1) is 11.3 Å². The molecule has 4 heterocycles. The van der Waals surface area contributed by atoms with Gasteiger partial charge in [-0.3, -0.25) is 14.9 Å². The van der Waals surface area contributed by atoms with Gasteiger partial charge in [-0.05, 0) is 25.1 Å². The number of rotatable bonds is 4. The van der Waals surface area contributed by atoms with Crippen molar-refractivity contribution in [3.8, 4) is 10.6 Å². The van der Waals surface area contributed by atoms with Gasteiger partial charge >= 0.3 is 0 Å².